The molecule has 1 saturated heterocycles. The predicted molar refractivity (Wildman–Crippen MR) is 82.9 cm³/mol. The number of nitrogens with zero attached hydrogens (tertiary/aromatic N) is 1. The molecule has 4 heteroatoms. The van der Waals surface area contributed by atoms with Crippen LogP contribution in [0.25, 0.3) is 0 Å². The van der Waals surface area contributed by atoms with Gasteiger partial charge in [-0.05, 0) is 12.0 Å². The van der Waals surface area contributed by atoms with Crippen molar-refractivity contribution in [2.45, 2.75) is 19.4 Å². The second-order valence-corrected chi connectivity index (χ2v) is 5.84. The Kier molecular flexibility index (Phi) is 3.88. The van der Waals surface area contributed by atoms with E-state index >= 15 is 0 Å². The monoisotopic (exact) mass is 295 g/mol. The van der Waals surface area contributed by atoms with Crippen molar-refractivity contribution in [2.24, 2.45) is 11.8 Å². The van der Waals surface area contributed by atoms with E-state index in [-0.39, 0.29) is 30.7 Å². The van der Waals surface area contributed by atoms with E-state index in [1.165, 1.54) is 0 Å². The molecular weight excluding hydrogens is 276 g/mol. The maximum atomic E-state index is 12.7. The minimum Gasteiger partial charge on any atom is -0.228 e. The van der Waals surface area contributed by atoms with Crippen molar-refractivity contribution >= 4 is 11.8 Å². The van der Waals surface area contributed by atoms with Crippen LogP contribution in [0.5, 0.6) is 0 Å². The van der Waals surface area contributed by atoms with Crippen LogP contribution in [0.4, 0.5) is 0 Å². The molecule has 0 aromatic heterocycles. The van der Waals surface area contributed by atoms with Gasteiger partial charge < -0.3 is 0 Å². The highest BCUT2D eigenvalue weighted by atomic mass is 16.2. The van der Waals surface area contributed by atoms with Gasteiger partial charge >= 0.3 is 11.8 Å². The number of amides is 2. The van der Waals surface area contributed by atoms with Crippen LogP contribution in [0.3, 0.4) is 0 Å². The first kappa shape index (κ1) is 14.6. The van der Waals surface area contributed by atoms with Gasteiger partial charge in [-0.3, -0.25) is 0 Å². The van der Waals surface area contributed by atoms with Crippen LogP contribution in [0.15, 0.2) is 60.7 Å². The van der Waals surface area contributed by atoms with Gasteiger partial charge in [-0.15, -0.1) is 4.59 Å². The number of carbonyl (C=O) groups excluding carboxylic acids is 2. The van der Waals surface area contributed by atoms with E-state index in [4.69, 9.17) is 5.84 Å². The van der Waals surface area contributed by atoms with E-state index in [2.05, 4.69) is 0 Å². The Morgan fingerprint density at radius 3 is 2.05 bits per heavy atom. The number of rotatable bonds is 4. The molecule has 2 atom stereocenters. The summed E-state index contributed by atoms with van der Waals surface area (Å²) in [5.41, 5.74) is 1.95. The summed E-state index contributed by atoms with van der Waals surface area (Å²) in [6.45, 7) is 0.226. The second-order valence-electron chi connectivity index (χ2n) is 5.84. The van der Waals surface area contributed by atoms with Crippen molar-refractivity contribution in [1.29, 1.82) is 0 Å². The largest absolute Gasteiger partial charge is 0.344 e. The highest BCUT2D eigenvalue weighted by Gasteiger charge is 2.53. The maximum Gasteiger partial charge on any atom is 0.344 e. The van der Waals surface area contributed by atoms with Crippen LogP contribution >= 0.6 is 0 Å². The van der Waals surface area contributed by atoms with Crippen molar-refractivity contribution in [3.05, 3.63) is 71.8 Å². The topological polar surface area (TPSA) is 60.2 Å². The van der Waals surface area contributed by atoms with Gasteiger partial charge in [-0.25, -0.2) is 9.59 Å². The fraction of sp³-hybridized carbons (Fsp3) is 0.222. The normalized spacial score (nSPS) is 24.7. The van der Waals surface area contributed by atoms with Gasteiger partial charge in [0.05, 0.1) is 12.3 Å². The summed E-state index contributed by atoms with van der Waals surface area (Å²) in [5, 5.41) is 0. The Balaban J connectivity index is 1.79. The van der Waals surface area contributed by atoms with Crippen molar-refractivity contribution in [2.75, 3.05) is 0 Å². The molecule has 2 aromatic rings. The molecule has 0 spiro atoms. The number of hydrogen-bond acceptors (Lipinski definition) is 3. The Hall–Kier alpha value is -2.30. The second kappa shape index (κ2) is 5.83. The third-order valence-electron chi connectivity index (χ3n) is 4.21. The molecular formula is C18H19N2O2+. The standard InChI is InChI=1S/C18H19N2O2/c19-20(13-15-9-5-2-6-10-15)17(21)12-16(18(20)22)11-14-7-3-1-4-8-14/h1-10,16H,11-13,19H2/q+1. The lowest BCUT2D eigenvalue weighted by Gasteiger charge is -2.22. The molecule has 0 bridgehead atoms. The molecule has 2 aromatic carbocycles. The van der Waals surface area contributed by atoms with Gasteiger partial charge in [0, 0.05) is 5.56 Å². The number of imide groups is 1. The number of likely N-dealkylation sites (tertiary alicyclic amines) is 1. The molecule has 2 amide bonds. The van der Waals surface area contributed by atoms with Gasteiger partial charge in [0.15, 0.2) is 0 Å². The first-order chi connectivity index (χ1) is 10.6. The summed E-state index contributed by atoms with van der Waals surface area (Å²) in [5.74, 6) is 5.45. The highest BCUT2D eigenvalue weighted by molar-refractivity contribution is 5.93. The zero-order valence-electron chi connectivity index (χ0n) is 12.3. The van der Waals surface area contributed by atoms with Crippen LogP contribution < -0.4 is 5.84 Å². The zero-order valence-corrected chi connectivity index (χ0v) is 12.3. The first-order valence-electron chi connectivity index (χ1n) is 7.42. The Morgan fingerprint density at radius 2 is 1.45 bits per heavy atom. The Bertz CT molecular complexity index is 685. The Morgan fingerprint density at radius 1 is 0.909 bits per heavy atom. The molecule has 22 heavy (non-hydrogen) atoms. The van der Waals surface area contributed by atoms with E-state index < -0.39 is 4.59 Å². The number of carbonyl (C=O) groups is 2. The lowest BCUT2D eigenvalue weighted by Crippen LogP contribution is -2.58. The van der Waals surface area contributed by atoms with Crippen molar-refractivity contribution < 1.29 is 14.2 Å². The maximum absolute atomic E-state index is 12.7. The molecule has 1 fully saturated rings. The third-order valence-corrected chi connectivity index (χ3v) is 4.21. The molecule has 2 N–H and O–H groups in total. The van der Waals surface area contributed by atoms with Crippen molar-refractivity contribution in [3.63, 3.8) is 0 Å². The van der Waals surface area contributed by atoms with E-state index in [9.17, 15) is 9.59 Å². The smallest absolute Gasteiger partial charge is 0.228 e. The number of benzene rings is 2. The fourth-order valence-electron chi connectivity index (χ4n) is 3.01. The lowest BCUT2D eigenvalue weighted by atomic mass is 9.98. The van der Waals surface area contributed by atoms with Crippen molar-refractivity contribution in [1.82, 2.24) is 0 Å². The summed E-state index contributed by atoms with van der Waals surface area (Å²) in [6, 6.07) is 19.2. The summed E-state index contributed by atoms with van der Waals surface area (Å²) < 4.78 is -0.610. The molecule has 0 aliphatic carbocycles. The first-order valence-corrected chi connectivity index (χ1v) is 7.42. The average molecular weight is 295 g/mol. The SMILES string of the molecule is N[N+]1(Cc2ccccc2)C(=O)CC(Cc2ccccc2)C1=O. The lowest BCUT2D eigenvalue weighted by molar-refractivity contribution is -0.800. The van der Waals surface area contributed by atoms with Gasteiger partial charge in [0.1, 0.15) is 6.54 Å². The summed E-state index contributed by atoms with van der Waals surface area (Å²) >= 11 is 0. The van der Waals surface area contributed by atoms with Crippen LogP contribution in [0.1, 0.15) is 17.5 Å². The average Bonchev–Trinajstić information content (AvgIpc) is 2.74. The van der Waals surface area contributed by atoms with Gasteiger partial charge in [-0.1, -0.05) is 60.7 Å². The van der Waals surface area contributed by atoms with Gasteiger partial charge in [-0.2, -0.15) is 5.84 Å². The number of nitrogens with two attached hydrogens (primary N) is 1. The molecule has 1 aliphatic heterocycles. The molecule has 0 saturated carbocycles. The van der Waals surface area contributed by atoms with E-state index in [0.29, 0.717) is 6.42 Å². The number of quaternary nitrogens is 1. The zero-order chi connectivity index (χ0) is 15.6. The van der Waals surface area contributed by atoms with Crippen LogP contribution in [0, 0.1) is 5.92 Å². The fourth-order valence-corrected chi connectivity index (χ4v) is 3.01. The minimum absolute atomic E-state index is 0.183. The van der Waals surface area contributed by atoms with Crippen LogP contribution in [0.2, 0.25) is 0 Å². The molecule has 4 nitrogen and oxygen atoms in total. The highest BCUT2D eigenvalue weighted by Crippen LogP contribution is 2.29. The number of hydrogen-bond donors (Lipinski definition) is 1. The minimum atomic E-state index is -0.610. The Labute approximate surface area is 129 Å². The molecule has 0 radical (unpaired) electrons. The van der Waals surface area contributed by atoms with Gasteiger partial charge in [0.2, 0.25) is 0 Å². The third kappa shape index (κ3) is 2.71. The molecule has 1 heterocycles. The molecule has 1 aliphatic rings. The van der Waals surface area contributed by atoms with E-state index in [0.717, 1.165) is 11.1 Å². The molecule has 3 rings (SSSR count). The molecule has 112 valence electrons. The van der Waals surface area contributed by atoms with Crippen LogP contribution in [-0.4, -0.2) is 16.4 Å². The molecule has 2 unspecified atom stereocenters. The van der Waals surface area contributed by atoms with Gasteiger partial charge in [0.25, 0.3) is 0 Å². The van der Waals surface area contributed by atoms with E-state index in [1.54, 1.807) is 0 Å². The van der Waals surface area contributed by atoms with E-state index in [1.807, 2.05) is 60.7 Å². The van der Waals surface area contributed by atoms with Crippen molar-refractivity contribution in [3.8, 4) is 0 Å². The van der Waals surface area contributed by atoms with Crippen LogP contribution in [-0.2, 0) is 22.6 Å². The summed E-state index contributed by atoms with van der Waals surface area (Å²) in [7, 11) is 0. The quantitative estimate of drug-likeness (QED) is 0.407. The predicted octanol–water partition coefficient (Wildman–Crippen LogP) is 2.19. The summed E-state index contributed by atoms with van der Waals surface area (Å²) in [6.07, 6.45) is 0.786. The summed E-state index contributed by atoms with van der Waals surface area (Å²) in [4.78, 5) is 25.0.